The summed E-state index contributed by atoms with van der Waals surface area (Å²) in [6.45, 7) is 3.73. The summed E-state index contributed by atoms with van der Waals surface area (Å²) in [5, 5.41) is 3.80. The topological polar surface area (TPSA) is 77.2 Å². The fraction of sp³-hybridized carbons (Fsp3) is 0.176. The molecule has 1 amide bonds. The predicted molar refractivity (Wildman–Crippen MR) is 99.1 cm³/mol. The van der Waals surface area contributed by atoms with Gasteiger partial charge >= 0.3 is 0 Å². The van der Waals surface area contributed by atoms with E-state index in [4.69, 9.17) is 22.1 Å². The van der Waals surface area contributed by atoms with Crippen molar-refractivity contribution in [3.63, 3.8) is 0 Å². The molecular formula is C17H16ClN3O2S. The summed E-state index contributed by atoms with van der Waals surface area (Å²) in [6, 6.07) is 9.21. The molecule has 0 saturated carbocycles. The molecule has 3 aromatic rings. The second-order valence-corrected chi connectivity index (χ2v) is 6.93. The van der Waals surface area contributed by atoms with Crippen LogP contribution in [-0.2, 0) is 4.79 Å². The molecule has 0 radical (unpaired) electrons. The first-order valence-corrected chi connectivity index (χ1v) is 8.47. The van der Waals surface area contributed by atoms with E-state index in [1.165, 1.54) is 11.3 Å². The van der Waals surface area contributed by atoms with Gasteiger partial charge in [0.1, 0.15) is 5.75 Å². The first-order valence-electron chi connectivity index (χ1n) is 7.28. The number of thiazole rings is 1. The molecular weight excluding hydrogens is 346 g/mol. The van der Waals surface area contributed by atoms with Gasteiger partial charge in [0, 0.05) is 5.69 Å². The Morgan fingerprint density at radius 1 is 1.33 bits per heavy atom. The molecule has 0 atom stereocenters. The van der Waals surface area contributed by atoms with E-state index >= 15 is 0 Å². The van der Waals surface area contributed by atoms with E-state index in [2.05, 4.69) is 10.3 Å². The molecule has 1 heterocycles. The highest BCUT2D eigenvalue weighted by Gasteiger charge is 2.10. The Kier molecular flexibility index (Phi) is 4.59. The van der Waals surface area contributed by atoms with E-state index < -0.39 is 0 Å². The minimum atomic E-state index is -0.261. The average molecular weight is 362 g/mol. The van der Waals surface area contributed by atoms with E-state index in [-0.39, 0.29) is 12.5 Å². The quantitative estimate of drug-likeness (QED) is 0.731. The number of nitrogens with one attached hydrogen (secondary N) is 1. The Balaban J connectivity index is 1.67. The van der Waals surface area contributed by atoms with Crippen molar-refractivity contribution in [2.45, 2.75) is 13.8 Å². The largest absolute Gasteiger partial charge is 0.482 e. The molecule has 3 rings (SSSR count). The normalized spacial score (nSPS) is 10.8. The Morgan fingerprint density at radius 2 is 2.12 bits per heavy atom. The summed E-state index contributed by atoms with van der Waals surface area (Å²) in [7, 11) is 0. The van der Waals surface area contributed by atoms with Crippen LogP contribution in [0.25, 0.3) is 10.2 Å². The standard InChI is InChI=1S/C17H16ClN3O2S/c1-9-5-10(2)16(12(18)6-9)23-8-15(22)20-11-3-4-13-14(7-11)24-17(19)21-13/h3-7H,8H2,1-2H3,(H2,19,21)(H,20,22). The summed E-state index contributed by atoms with van der Waals surface area (Å²) in [5.41, 5.74) is 9.11. The van der Waals surface area contributed by atoms with Crippen molar-refractivity contribution >= 4 is 49.9 Å². The fourth-order valence-electron chi connectivity index (χ4n) is 2.44. The lowest BCUT2D eigenvalue weighted by atomic mass is 10.1. The van der Waals surface area contributed by atoms with Gasteiger partial charge in [-0.25, -0.2) is 4.98 Å². The summed E-state index contributed by atoms with van der Waals surface area (Å²) in [4.78, 5) is 16.3. The Morgan fingerprint density at radius 3 is 2.88 bits per heavy atom. The van der Waals surface area contributed by atoms with Gasteiger partial charge in [0.15, 0.2) is 11.7 Å². The van der Waals surface area contributed by atoms with Crippen LogP contribution in [0.4, 0.5) is 10.8 Å². The number of nitrogens with zero attached hydrogens (tertiary/aromatic N) is 1. The van der Waals surface area contributed by atoms with Crippen LogP contribution in [-0.4, -0.2) is 17.5 Å². The average Bonchev–Trinajstić information content (AvgIpc) is 2.85. The zero-order valence-electron chi connectivity index (χ0n) is 13.2. The molecule has 5 nitrogen and oxygen atoms in total. The van der Waals surface area contributed by atoms with E-state index in [0.717, 1.165) is 21.3 Å². The number of halogens is 1. The number of aryl methyl sites for hydroxylation is 2. The number of hydrogen-bond acceptors (Lipinski definition) is 5. The lowest BCUT2D eigenvalue weighted by Crippen LogP contribution is -2.20. The summed E-state index contributed by atoms with van der Waals surface area (Å²) < 4.78 is 6.49. The first kappa shape index (κ1) is 16.5. The summed E-state index contributed by atoms with van der Waals surface area (Å²) in [6.07, 6.45) is 0. The molecule has 0 saturated heterocycles. The van der Waals surface area contributed by atoms with Gasteiger partial charge in [-0.3, -0.25) is 4.79 Å². The van der Waals surface area contributed by atoms with Crippen LogP contribution in [0.1, 0.15) is 11.1 Å². The number of fused-ring (bicyclic) bond motifs is 1. The second kappa shape index (κ2) is 6.67. The van der Waals surface area contributed by atoms with Crippen LogP contribution in [0.2, 0.25) is 5.02 Å². The van der Waals surface area contributed by atoms with Crippen molar-refractivity contribution in [1.82, 2.24) is 4.98 Å². The molecule has 0 aliphatic rings. The molecule has 0 fully saturated rings. The molecule has 124 valence electrons. The Hall–Kier alpha value is -2.31. The number of anilines is 2. The number of rotatable bonds is 4. The highest BCUT2D eigenvalue weighted by atomic mass is 35.5. The Labute approximate surface area is 148 Å². The van der Waals surface area contributed by atoms with Crippen LogP contribution in [0.3, 0.4) is 0 Å². The maximum Gasteiger partial charge on any atom is 0.262 e. The van der Waals surface area contributed by atoms with Crippen LogP contribution < -0.4 is 15.8 Å². The smallest absolute Gasteiger partial charge is 0.262 e. The third-order valence-electron chi connectivity index (χ3n) is 3.41. The number of ether oxygens (including phenoxy) is 1. The van der Waals surface area contributed by atoms with Crippen molar-refractivity contribution in [3.8, 4) is 5.75 Å². The third-order valence-corrected chi connectivity index (χ3v) is 4.54. The first-order chi connectivity index (χ1) is 11.4. The van der Waals surface area contributed by atoms with Crippen molar-refractivity contribution in [2.75, 3.05) is 17.7 Å². The number of hydrogen-bond donors (Lipinski definition) is 2. The van der Waals surface area contributed by atoms with E-state index in [9.17, 15) is 4.79 Å². The maximum atomic E-state index is 12.1. The Bertz CT molecular complexity index is 900. The SMILES string of the molecule is Cc1cc(C)c(OCC(=O)Nc2ccc3nc(N)sc3c2)c(Cl)c1. The van der Waals surface area contributed by atoms with E-state index in [0.29, 0.717) is 21.6 Å². The highest BCUT2D eigenvalue weighted by Crippen LogP contribution is 2.30. The predicted octanol–water partition coefficient (Wildman–Crippen LogP) is 4.17. The third kappa shape index (κ3) is 3.60. The lowest BCUT2D eigenvalue weighted by molar-refractivity contribution is -0.118. The van der Waals surface area contributed by atoms with Crippen LogP contribution in [0.5, 0.6) is 5.75 Å². The highest BCUT2D eigenvalue weighted by molar-refractivity contribution is 7.22. The van der Waals surface area contributed by atoms with Gasteiger partial charge < -0.3 is 15.8 Å². The van der Waals surface area contributed by atoms with Crippen LogP contribution >= 0.6 is 22.9 Å². The molecule has 0 bridgehead atoms. The molecule has 3 N–H and O–H groups in total. The zero-order chi connectivity index (χ0) is 17.3. The zero-order valence-corrected chi connectivity index (χ0v) is 14.8. The lowest BCUT2D eigenvalue weighted by Gasteiger charge is -2.12. The van der Waals surface area contributed by atoms with Crippen LogP contribution in [0.15, 0.2) is 30.3 Å². The van der Waals surface area contributed by atoms with Gasteiger partial charge in [-0.1, -0.05) is 29.0 Å². The summed E-state index contributed by atoms with van der Waals surface area (Å²) >= 11 is 7.55. The minimum absolute atomic E-state index is 0.119. The summed E-state index contributed by atoms with van der Waals surface area (Å²) in [5.74, 6) is 0.269. The van der Waals surface area contributed by atoms with Gasteiger partial charge in [-0.15, -0.1) is 0 Å². The molecule has 0 aliphatic carbocycles. The van der Waals surface area contributed by atoms with E-state index in [1.807, 2.05) is 38.1 Å². The molecule has 0 spiro atoms. The number of carbonyl (C=O) groups is 1. The monoisotopic (exact) mass is 361 g/mol. The van der Waals surface area contributed by atoms with Crippen molar-refractivity contribution < 1.29 is 9.53 Å². The van der Waals surface area contributed by atoms with Gasteiger partial charge in [0.25, 0.3) is 5.91 Å². The number of aromatic nitrogens is 1. The maximum absolute atomic E-state index is 12.1. The fourth-order valence-corrected chi connectivity index (χ4v) is 3.59. The van der Waals surface area contributed by atoms with Gasteiger partial charge in [0.05, 0.1) is 15.2 Å². The van der Waals surface area contributed by atoms with Crippen LogP contribution in [0, 0.1) is 13.8 Å². The van der Waals surface area contributed by atoms with Gasteiger partial charge in [-0.05, 0) is 49.2 Å². The number of nitrogens with two attached hydrogens (primary N) is 1. The molecule has 1 aromatic heterocycles. The van der Waals surface area contributed by atoms with Crippen molar-refractivity contribution in [1.29, 1.82) is 0 Å². The number of benzene rings is 2. The minimum Gasteiger partial charge on any atom is -0.482 e. The van der Waals surface area contributed by atoms with Crippen molar-refractivity contribution in [2.24, 2.45) is 0 Å². The number of nitrogen functional groups attached to an aromatic ring is 1. The number of carbonyl (C=O) groups excluding carboxylic acids is 1. The van der Waals surface area contributed by atoms with E-state index in [1.54, 1.807) is 6.07 Å². The molecule has 0 aliphatic heterocycles. The molecule has 7 heteroatoms. The van der Waals surface area contributed by atoms with Gasteiger partial charge in [-0.2, -0.15) is 0 Å². The molecule has 24 heavy (non-hydrogen) atoms. The second-order valence-electron chi connectivity index (χ2n) is 5.46. The number of amides is 1. The molecule has 2 aromatic carbocycles. The van der Waals surface area contributed by atoms with Crippen molar-refractivity contribution in [3.05, 3.63) is 46.5 Å². The molecule has 0 unspecified atom stereocenters. The van der Waals surface area contributed by atoms with Gasteiger partial charge in [0.2, 0.25) is 0 Å².